The molecular weight excluding hydrogens is 278 g/mol. The van der Waals surface area contributed by atoms with Gasteiger partial charge < -0.3 is 5.11 Å². The average Bonchev–Trinajstić information content (AvgIpc) is 2.85. The number of hydrogen-bond acceptors (Lipinski definition) is 3. The van der Waals surface area contributed by atoms with E-state index in [4.69, 9.17) is 11.6 Å². The van der Waals surface area contributed by atoms with E-state index in [0.29, 0.717) is 11.4 Å². The lowest BCUT2D eigenvalue weighted by Gasteiger charge is -2.09. The number of fused-ring (bicyclic) bond motifs is 1. The van der Waals surface area contributed by atoms with Gasteiger partial charge >= 0.3 is 0 Å². The summed E-state index contributed by atoms with van der Waals surface area (Å²) in [5.41, 5.74) is 1.82. The summed E-state index contributed by atoms with van der Waals surface area (Å²) in [7, 11) is 0. The second kappa shape index (κ2) is 5.29. The molecule has 2 aromatic heterocycles. The van der Waals surface area contributed by atoms with Crippen molar-refractivity contribution in [3.05, 3.63) is 63.4 Å². The predicted molar refractivity (Wildman–Crippen MR) is 79.7 cm³/mol. The molecule has 19 heavy (non-hydrogen) atoms. The van der Waals surface area contributed by atoms with Gasteiger partial charge in [0, 0.05) is 17.5 Å². The number of thiophene rings is 1. The van der Waals surface area contributed by atoms with Crippen molar-refractivity contribution >= 4 is 33.8 Å². The van der Waals surface area contributed by atoms with Gasteiger partial charge in [-0.1, -0.05) is 35.9 Å². The zero-order valence-corrected chi connectivity index (χ0v) is 11.7. The van der Waals surface area contributed by atoms with E-state index in [1.807, 2.05) is 41.8 Å². The summed E-state index contributed by atoms with van der Waals surface area (Å²) in [6, 6.07) is 13.7. The Labute approximate surface area is 120 Å². The molecule has 0 aliphatic rings. The zero-order chi connectivity index (χ0) is 13.2. The minimum atomic E-state index is -0.596. The van der Waals surface area contributed by atoms with Gasteiger partial charge in [0.05, 0.1) is 21.5 Å². The number of aliphatic hydroxyl groups is 1. The van der Waals surface area contributed by atoms with Crippen molar-refractivity contribution in [3.63, 3.8) is 0 Å². The van der Waals surface area contributed by atoms with E-state index in [-0.39, 0.29) is 0 Å². The van der Waals surface area contributed by atoms with Gasteiger partial charge in [-0.2, -0.15) is 0 Å². The van der Waals surface area contributed by atoms with Crippen LogP contribution in [0.25, 0.3) is 10.9 Å². The van der Waals surface area contributed by atoms with Crippen LogP contribution in [0.15, 0.2) is 47.8 Å². The first-order valence-electron chi connectivity index (χ1n) is 5.99. The van der Waals surface area contributed by atoms with Crippen LogP contribution >= 0.6 is 22.9 Å². The Morgan fingerprint density at radius 1 is 1.16 bits per heavy atom. The Kier molecular flexibility index (Phi) is 3.51. The third kappa shape index (κ3) is 2.63. The third-order valence-electron chi connectivity index (χ3n) is 3.01. The van der Waals surface area contributed by atoms with Gasteiger partial charge in [-0.25, -0.2) is 0 Å². The maximum atomic E-state index is 10.2. The highest BCUT2D eigenvalue weighted by atomic mass is 35.5. The summed E-state index contributed by atoms with van der Waals surface area (Å²) in [4.78, 5) is 5.36. The summed E-state index contributed by atoms with van der Waals surface area (Å²) >= 11 is 7.50. The van der Waals surface area contributed by atoms with Gasteiger partial charge in [0.25, 0.3) is 0 Å². The lowest BCUT2D eigenvalue weighted by atomic mass is 10.1. The monoisotopic (exact) mass is 289 g/mol. The maximum Gasteiger partial charge on any atom is 0.0952 e. The quantitative estimate of drug-likeness (QED) is 0.783. The number of aromatic nitrogens is 1. The Hall–Kier alpha value is -1.42. The number of nitrogens with zero attached hydrogens (tertiary/aromatic N) is 1. The molecule has 4 heteroatoms. The maximum absolute atomic E-state index is 10.2. The lowest BCUT2D eigenvalue weighted by Crippen LogP contribution is -2.02. The lowest BCUT2D eigenvalue weighted by molar-refractivity contribution is 0.181. The van der Waals surface area contributed by atoms with E-state index in [0.717, 1.165) is 21.5 Å². The Balaban J connectivity index is 1.87. The normalized spacial score (nSPS) is 12.7. The Morgan fingerprint density at radius 2 is 2.00 bits per heavy atom. The van der Waals surface area contributed by atoms with Crippen LogP contribution in [0.1, 0.15) is 16.7 Å². The highest BCUT2D eigenvalue weighted by Crippen LogP contribution is 2.30. The van der Waals surface area contributed by atoms with Gasteiger partial charge in [0.15, 0.2) is 0 Å². The molecule has 3 aromatic rings. The number of rotatable bonds is 3. The molecule has 1 N–H and O–H groups in total. The first kappa shape index (κ1) is 12.6. The highest BCUT2D eigenvalue weighted by molar-refractivity contribution is 7.10. The van der Waals surface area contributed by atoms with Gasteiger partial charge in [-0.3, -0.25) is 4.98 Å². The molecule has 0 aliphatic heterocycles. The minimum Gasteiger partial charge on any atom is -0.387 e. The molecule has 0 fully saturated rings. The minimum absolute atomic E-state index is 0.477. The number of para-hydroxylation sites is 1. The standard InChI is InChI=1S/C15H12ClNOS/c16-12-7-8-19-15(12)14(18)9-11-6-5-10-3-1-2-4-13(10)17-11/h1-8,14,18H,9H2. The summed E-state index contributed by atoms with van der Waals surface area (Å²) in [6.07, 6.45) is -0.119. The number of aliphatic hydroxyl groups excluding tert-OH is 1. The van der Waals surface area contributed by atoms with Crippen molar-refractivity contribution < 1.29 is 5.11 Å². The molecule has 0 amide bonds. The summed E-state index contributed by atoms with van der Waals surface area (Å²) < 4.78 is 0. The van der Waals surface area contributed by atoms with Crippen LogP contribution < -0.4 is 0 Å². The van der Waals surface area contributed by atoms with Crippen molar-refractivity contribution in [1.29, 1.82) is 0 Å². The molecule has 0 saturated carbocycles. The molecule has 0 saturated heterocycles. The SMILES string of the molecule is OC(Cc1ccc2ccccc2n1)c1sccc1Cl. The Morgan fingerprint density at radius 3 is 2.79 bits per heavy atom. The molecule has 0 radical (unpaired) electrons. The van der Waals surface area contributed by atoms with Crippen molar-refractivity contribution in [2.75, 3.05) is 0 Å². The number of hydrogen-bond donors (Lipinski definition) is 1. The molecule has 0 spiro atoms. The van der Waals surface area contributed by atoms with Gasteiger partial charge in [0.1, 0.15) is 0 Å². The van der Waals surface area contributed by atoms with E-state index < -0.39 is 6.10 Å². The molecule has 0 aliphatic carbocycles. The first-order chi connectivity index (χ1) is 9.24. The van der Waals surface area contributed by atoms with E-state index >= 15 is 0 Å². The van der Waals surface area contributed by atoms with Crippen molar-refractivity contribution in [3.8, 4) is 0 Å². The Bertz CT molecular complexity index is 710. The zero-order valence-electron chi connectivity index (χ0n) is 10.1. The molecule has 1 aromatic carbocycles. The predicted octanol–water partition coefficient (Wildman–Crippen LogP) is 4.23. The van der Waals surface area contributed by atoms with E-state index in [9.17, 15) is 5.11 Å². The molecule has 2 heterocycles. The van der Waals surface area contributed by atoms with Crippen molar-refractivity contribution in [1.82, 2.24) is 4.98 Å². The fraction of sp³-hybridized carbons (Fsp3) is 0.133. The summed E-state index contributed by atoms with van der Waals surface area (Å²) in [5.74, 6) is 0. The summed E-state index contributed by atoms with van der Waals surface area (Å²) in [6.45, 7) is 0. The van der Waals surface area contributed by atoms with Gasteiger partial charge in [-0.05, 0) is 23.6 Å². The largest absolute Gasteiger partial charge is 0.387 e. The fourth-order valence-corrected chi connectivity index (χ4v) is 3.22. The van der Waals surface area contributed by atoms with Crippen LogP contribution in [-0.4, -0.2) is 10.1 Å². The van der Waals surface area contributed by atoms with Crippen LogP contribution in [0, 0.1) is 0 Å². The van der Waals surface area contributed by atoms with Crippen molar-refractivity contribution in [2.45, 2.75) is 12.5 Å². The van der Waals surface area contributed by atoms with Crippen LogP contribution in [-0.2, 0) is 6.42 Å². The number of halogens is 1. The molecule has 3 rings (SSSR count). The average molecular weight is 290 g/mol. The topological polar surface area (TPSA) is 33.1 Å². The van der Waals surface area contributed by atoms with Crippen LogP contribution in [0.3, 0.4) is 0 Å². The highest BCUT2D eigenvalue weighted by Gasteiger charge is 2.14. The van der Waals surface area contributed by atoms with E-state index in [1.165, 1.54) is 11.3 Å². The van der Waals surface area contributed by atoms with E-state index in [2.05, 4.69) is 4.98 Å². The van der Waals surface area contributed by atoms with Crippen LogP contribution in [0.5, 0.6) is 0 Å². The van der Waals surface area contributed by atoms with Gasteiger partial charge in [0.2, 0.25) is 0 Å². The molecule has 0 bridgehead atoms. The van der Waals surface area contributed by atoms with Crippen LogP contribution in [0.4, 0.5) is 0 Å². The third-order valence-corrected chi connectivity index (χ3v) is 4.47. The van der Waals surface area contributed by atoms with Crippen molar-refractivity contribution in [2.24, 2.45) is 0 Å². The first-order valence-corrected chi connectivity index (χ1v) is 7.25. The smallest absolute Gasteiger partial charge is 0.0952 e. The molecular formula is C15H12ClNOS. The van der Waals surface area contributed by atoms with E-state index in [1.54, 1.807) is 6.07 Å². The van der Waals surface area contributed by atoms with Crippen LogP contribution in [0.2, 0.25) is 5.02 Å². The van der Waals surface area contributed by atoms with Gasteiger partial charge in [-0.15, -0.1) is 11.3 Å². The second-order valence-electron chi connectivity index (χ2n) is 4.35. The molecule has 96 valence electrons. The number of benzene rings is 1. The molecule has 1 unspecified atom stereocenters. The number of pyridine rings is 1. The molecule has 2 nitrogen and oxygen atoms in total. The fourth-order valence-electron chi connectivity index (χ4n) is 2.06. The molecule has 1 atom stereocenters. The summed E-state index contributed by atoms with van der Waals surface area (Å²) in [5, 5.41) is 13.8. The second-order valence-corrected chi connectivity index (χ2v) is 5.70.